The van der Waals surface area contributed by atoms with Crippen LogP contribution < -0.4 is 10.0 Å². The zero-order chi connectivity index (χ0) is 24.3. The first kappa shape index (κ1) is 23.1. The maximum absolute atomic E-state index is 12.9. The molecule has 0 bridgehead atoms. The van der Waals surface area contributed by atoms with Crippen molar-refractivity contribution in [1.29, 1.82) is 0 Å². The van der Waals surface area contributed by atoms with Crippen LogP contribution in [-0.4, -0.2) is 29.5 Å². The van der Waals surface area contributed by atoms with Crippen molar-refractivity contribution in [3.8, 4) is 23.0 Å². The average Bonchev–Trinajstić information content (AvgIpc) is 3.29. The molecule has 4 rings (SSSR count). The summed E-state index contributed by atoms with van der Waals surface area (Å²) in [6.45, 7) is 5.39. The summed E-state index contributed by atoms with van der Waals surface area (Å²) in [5.41, 5.74) is 1.36. The summed E-state index contributed by atoms with van der Waals surface area (Å²) in [6.07, 6.45) is 1.63. The Kier molecular flexibility index (Phi) is 6.16. The highest BCUT2D eigenvalue weighted by Crippen LogP contribution is 2.25. The number of pyridine rings is 1. The summed E-state index contributed by atoms with van der Waals surface area (Å²) in [5.74, 6) is 0.350. The topological polar surface area (TPSA) is 127 Å². The molecular weight excluding hydrogens is 454 g/mol. The Bertz CT molecular complexity index is 1410. The molecule has 0 aliphatic heterocycles. The van der Waals surface area contributed by atoms with E-state index in [0.29, 0.717) is 22.6 Å². The second kappa shape index (κ2) is 9.06. The molecular formula is C24H23N5O4S. The number of hydrogen-bond acceptors (Lipinski definition) is 7. The maximum atomic E-state index is 12.9. The minimum absolute atomic E-state index is 0.0600. The second-order valence-electron chi connectivity index (χ2n) is 8.54. The molecule has 0 spiro atoms. The number of rotatable bonds is 6. The Balaban J connectivity index is 1.49. The molecule has 10 heteroatoms. The van der Waals surface area contributed by atoms with Gasteiger partial charge in [-0.1, -0.05) is 32.9 Å². The second-order valence-corrected chi connectivity index (χ2v) is 10.2. The molecule has 0 atom stereocenters. The predicted octanol–water partition coefficient (Wildman–Crippen LogP) is 4.58. The lowest BCUT2D eigenvalue weighted by Gasteiger charge is -2.18. The molecule has 34 heavy (non-hydrogen) atoms. The van der Waals surface area contributed by atoms with Gasteiger partial charge in [0.15, 0.2) is 0 Å². The van der Waals surface area contributed by atoms with E-state index in [1.54, 1.807) is 75.5 Å². The molecule has 2 aromatic carbocycles. The zero-order valence-corrected chi connectivity index (χ0v) is 19.6. The lowest BCUT2D eigenvalue weighted by atomic mass is 9.95. The molecule has 0 saturated heterocycles. The fourth-order valence-corrected chi connectivity index (χ4v) is 3.95. The van der Waals surface area contributed by atoms with Gasteiger partial charge in [0, 0.05) is 22.9 Å². The number of carbonyl (C=O) groups excluding carboxylic acids is 1. The van der Waals surface area contributed by atoms with Crippen LogP contribution in [0.25, 0.3) is 23.0 Å². The normalized spacial score (nSPS) is 11.7. The molecule has 0 unspecified atom stereocenters. The van der Waals surface area contributed by atoms with E-state index in [-0.39, 0.29) is 22.6 Å². The number of anilines is 2. The first-order valence-corrected chi connectivity index (χ1v) is 11.9. The Hall–Kier alpha value is -4.05. The molecule has 4 aromatic rings. The van der Waals surface area contributed by atoms with Crippen LogP contribution in [0.1, 0.15) is 20.8 Å². The third-order valence-corrected chi connectivity index (χ3v) is 6.17. The van der Waals surface area contributed by atoms with Crippen molar-refractivity contribution in [2.45, 2.75) is 25.7 Å². The van der Waals surface area contributed by atoms with Crippen LogP contribution >= 0.6 is 0 Å². The van der Waals surface area contributed by atoms with Crippen molar-refractivity contribution < 1.29 is 17.6 Å². The third kappa shape index (κ3) is 5.29. The number of nitrogens with zero attached hydrogens (tertiary/aromatic N) is 3. The Labute approximate surface area is 197 Å². The fraction of sp³-hybridized carbons (Fsp3) is 0.167. The van der Waals surface area contributed by atoms with Crippen LogP contribution in [0.3, 0.4) is 0 Å². The number of amides is 1. The highest BCUT2D eigenvalue weighted by molar-refractivity contribution is 7.92. The first-order valence-electron chi connectivity index (χ1n) is 10.4. The quantitative estimate of drug-likeness (QED) is 0.416. The van der Waals surface area contributed by atoms with Crippen molar-refractivity contribution in [3.05, 3.63) is 72.9 Å². The molecule has 0 aliphatic carbocycles. The Morgan fingerprint density at radius 3 is 2.26 bits per heavy atom. The summed E-state index contributed by atoms with van der Waals surface area (Å²) in [6, 6.07) is 18.0. The highest BCUT2D eigenvalue weighted by atomic mass is 32.2. The molecule has 9 nitrogen and oxygen atoms in total. The molecule has 0 saturated carbocycles. The van der Waals surface area contributed by atoms with Crippen molar-refractivity contribution in [2.24, 2.45) is 5.41 Å². The molecule has 2 aromatic heterocycles. The van der Waals surface area contributed by atoms with Gasteiger partial charge in [0.25, 0.3) is 15.9 Å². The average molecular weight is 478 g/mol. The third-order valence-electron chi connectivity index (χ3n) is 4.77. The number of aromatic nitrogens is 3. The summed E-state index contributed by atoms with van der Waals surface area (Å²) < 4.78 is 33.9. The van der Waals surface area contributed by atoms with E-state index in [1.165, 1.54) is 12.1 Å². The monoisotopic (exact) mass is 477 g/mol. The maximum Gasteiger partial charge on any atom is 0.266 e. The highest BCUT2D eigenvalue weighted by Gasteiger charge is 2.21. The van der Waals surface area contributed by atoms with Crippen LogP contribution in [0, 0.1) is 5.41 Å². The fourth-order valence-electron chi connectivity index (χ4n) is 2.90. The molecule has 0 radical (unpaired) electrons. The molecule has 0 aliphatic rings. The lowest BCUT2D eigenvalue weighted by molar-refractivity contribution is -0.123. The smallest absolute Gasteiger partial charge is 0.266 e. The molecule has 1 amide bonds. The van der Waals surface area contributed by atoms with Gasteiger partial charge < -0.3 is 9.73 Å². The van der Waals surface area contributed by atoms with Crippen LogP contribution in [0.5, 0.6) is 0 Å². The standard InChI is InChI=1S/C24H23N5O4S/c1-24(2,3)23(30)26-17-7-6-8-18(15-17)29-34(31,32)19-12-10-16(11-13-19)21-27-28-22(33-21)20-9-4-5-14-25-20/h4-15,29H,1-3H3,(H,26,30). The van der Waals surface area contributed by atoms with Crippen molar-refractivity contribution >= 4 is 27.3 Å². The minimum Gasteiger partial charge on any atom is -0.415 e. The van der Waals surface area contributed by atoms with Gasteiger partial charge in [-0.05, 0) is 54.6 Å². The van der Waals surface area contributed by atoms with Crippen molar-refractivity contribution in [2.75, 3.05) is 10.0 Å². The van der Waals surface area contributed by atoms with Gasteiger partial charge in [-0.25, -0.2) is 8.42 Å². The van der Waals surface area contributed by atoms with Crippen LogP contribution in [0.15, 0.2) is 82.2 Å². The number of hydrogen-bond donors (Lipinski definition) is 2. The predicted molar refractivity (Wildman–Crippen MR) is 128 cm³/mol. The molecule has 2 heterocycles. The number of sulfonamides is 1. The van der Waals surface area contributed by atoms with Gasteiger partial charge in [-0.15, -0.1) is 10.2 Å². The van der Waals surface area contributed by atoms with E-state index in [9.17, 15) is 13.2 Å². The molecule has 174 valence electrons. The van der Waals surface area contributed by atoms with E-state index >= 15 is 0 Å². The first-order chi connectivity index (χ1) is 16.1. The summed E-state index contributed by atoms with van der Waals surface area (Å²) >= 11 is 0. The molecule has 0 fully saturated rings. The largest absolute Gasteiger partial charge is 0.415 e. The summed E-state index contributed by atoms with van der Waals surface area (Å²) in [5, 5.41) is 10.8. The van der Waals surface area contributed by atoms with E-state index < -0.39 is 15.4 Å². The number of benzene rings is 2. The molecule has 2 N–H and O–H groups in total. The van der Waals surface area contributed by atoms with Gasteiger partial charge in [0.2, 0.25) is 11.8 Å². The van der Waals surface area contributed by atoms with Crippen molar-refractivity contribution in [3.63, 3.8) is 0 Å². The SMILES string of the molecule is CC(C)(C)C(=O)Nc1cccc(NS(=O)(=O)c2ccc(-c3nnc(-c4ccccn4)o3)cc2)c1. The minimum atomic E-state index is -3.86. The Morgan fingerprint density at radius 1 is 0.882 bits per heavy atom. The zero-order valence-electron chi connectivity index (χ0n) is 18.8. The van der Waals surface area contributed by atoms with Gasteiger partial charge in [0.1, 0.15) is 5.69 Å². The van der Waals surface area contributed by atoms with Gasteiger partial charge in [0.05, 0.1) is 10.6 Å². The number of nitrogens with one attached hydrogen (secondary N) is 2. The summed E-state index contributed by atoms with van der Waals surface area (Å²) in [7, 11) is -3.86. The van der Waals surface area contributed by atoms with Gasteiger partial charge in [-0.2, -0.15) is 0 Å². The van der Waals surface area contributed by atoms with E-state index in [0.717, 1.165) is 0 Å². The van der Waals surface area contributed by atoms with E-state index in [1.807, 2.05) is 6.07 Å². The lowest BCUT2D eigenvalue weighted by Crippen LogP contribution is -2.27. The van der Waals surface area contributed by atoms with Crippen LogP contribution in [0.2, 0.25) is 0 Å². The Morgan fingerprint density at radius 2 is 1.59 bits per heavy atom. The summed E-state index contributed by atoms with van der Waals surface area (Å²) in [4.78, 5) is 16.4. The van der Waals surface area contributed by atoms with Gasteiger partial charge >= 0.3 is 0 Å². The van der Waals surface area contributed by atoms with E-state index in [2.05, 4.69) is 25.2 Å². The van der Waals surface area contributed by atoms with E-state index in [4.69, 9.17) is 4.42 Å². The van der Waals surface area contributed by atoms with Crippen molar-refractivity contribution in [1.82, 2.24) is 15.2 Å². The van der Waals surface area contributed by atoms with Crippen LogP contribution in [0.4, 0.5) is 11.4 Å². The van der Waals surface area contributed by atoms with Crippen LogP contribution in [-0.2, 0) is 14.8 Å². The number of carbonyl (C=O) groups is 1. The van der Waals surface area contributed by atoms with Gasteiger partial charge in [-0.3, -0.25) is 14.5 Å².